The van der Waals surface area contributed by atoms with Crippen molar-refractivity contribution in [3.8, 4) is 22.8 Å². The first-order valence-electron chi connectivity index (χ1n) is 6.49. The van der Waals surface area contributed by atoms with E-state index in [-0.39, 0.29) is 6.04 Å². The number of hydrogen-bond acceptors (Lipinski definition) is 4. The summed E-state index contributed by atoms with van der Waals surface area (Å²) in [6.07, 6.45) is 1.76. The zero-order chi connectivity index (χ0) is 14.3. The Balaban J connectivity index is 2.09. The highest BCUT2D eigenvalue weighted by atomic mass is 79.9. The van der Waals surface area contributed by atoms with Crippen molar-refractivity contribution in [2.24, 2.45) is 0 Å². The van der Waals surface area contributed by atoms with Gasteiger partial charge in [0.15, 0.2) is 11.5 Å². The molecule has 0 atom stereocenters. The Morgan fingerprint density at radius 1 is 1.30 bits per heavy atom. The summed E-state index contributed by atoms with van der Waals surface area (Å²) in [5.74, 6) is 2.12. The quantitative estimate of drug-likeness (QED) is 0.913. The van der Waals surface area contributed by atoms with E-state index in [1.54, 1.807) is 6.33 Å². The Labute approximate surface area is 125 Å². The number of ether oxygens (including phenoxy) is 2. The Bertz CT molecular complexity index is 652. The molecule has 0 unspecified atom stereocenters. The average Bonchev–Trinajstić information content (AvgIpc) is 2.80. The molecule has 106 valence electrons. The Kier molecular flexibility index (Phi) is 3.33. The zero-order valence-electron chi connectivity index (χ0n) is 11.4. The van der Waals surface area contributed by atoms with Gasteiger partial charge in [-0.3, -0.25) is 0 Å². The molecule has 0 spiro atoms. The molecule has 0 aliphatic carbocycles. The van der Waals surface area contributed by atoms with E-state index in [2.05, 4.69) is 34.8 Å². The summed E-state index contributed by atoms with van der Waals surface area (Å²) in [6.45, 7) is 5.26. The van der Waals surface area contributed by atoms with Crippen LogP contribution >= 0.6 is 15.9 Å². The number of rotatable bonds is 2. The average molecular weight is 338 g/mol. The molecule has 0 saturated heterocycles. The van der Waals surface area contributed by atoms with Gasteiger partial charge in [0.25, 0.3) is 0 Å². The number of nitrogens with two attached hydrogens (primary N) is 1. The molecule has 1 aliphatic rings. The maximum atomic E-state index is 6.18. The summed E-state index contributed by atoms with van der Waals surface area (Å²) in [7, 11) is 0. The van der Waals surface area contributed by atoms with Gasteiger partial charge in [-0.05, 0) is 41.9 Å². The third-order valence-electron chi connectivity index (χ3n) is 3.26. The zero-order valence-corrected chi connectivity index (χ0v) is 13.0. The third kappa shape index (κ3) is 2.14. The monoisotopic (exact) mass is 337 g/mol. The lowest BCUT2D eigenvalue weighted by molar-refractivity contribution is 0.170. The van der Waals surface area contributed by atoms with Crippen molar-refractivity contribution in [3.63, 3.8) is 0 Å². The lowest BCUT2D eigenvalue weighted by atomic mass is 10.1. The van der Waals surface area contributed by atoms with Gasteiger partial charge in [-0.25, -0.2) is 4.98 Å². The first-order valence-corrected chi connectivity index (χ1v) is 7.29. The molecular weight excluding hydrogens is 322 g/mol. The number of benzene rings is 1. The lowest BCUT2D eigenvalue weighted by Crippen LogP contribution is -2.15. The van der Waals surface area contributed by atoms with E-state index in [1.165, 1.54) is 0 Å². The second-order valence-corrected chi connectivity index (χ2v) is 5.82. The van der Waals surface area contributed by atoms with Crippen molar-refractivity contribution >= 4 is 21.7 Å². The van der Waals surface area contributed by atoms with E-state index < -0.39 is 0 Å². The van der Waals surface area contributed by atoms with Crippen LogP contribution in [-0.4, -0.2) is 22.8 Å². The van der Waals surface area contributed by atoms with Crippen molar-refractivity contribution in [2.75, 3.05) is 18.9 Å². The molecule has 0 bridgehead atoms. The smallest absolute Gasteiger partial charge is 0.175 e. The molecule has 3 rings (SSSR count). The molecule has 2 heterocycles. The molecule has 1 aromatic carbocycles. The standard InChI is InChI=1S/C14H16BrN3O2/c1-8(2)18-7-17-12(14(18)16)9-5-10(15)13-11(6-9)19-3-4-20-13/h5-8H,3-4,16H2,1-2H3. The summed E-state index contributed by atoms with van der Waals surface area (Å²) in [5.41, 5.74) is 7.85. The Hall–Kier alpha value is -1.69. The van der Waals surface area contributed by atoms with Gasteiger partial charge >= 0.3 is 0 Å². The predicted molar refractivity (Wildman–Crippen MR) is 81.2 cm³/mol. The number of nitrogens with zero attached hydrogens (tertiary/aromatic N) is 2. The minimum Gasteiger partial charge on any atom is -0.486 e. The highest BCUT2D eigenvalue weighted by Crippen LogP contribution is 2.42. The van der Waals surface area contributed by atoms with Gasteiger partial charge in [0.05, 0.1) is 10.8 Å². The molecule has 2 N–H and O–H groups in total. The summed E-state index contributed by atoms with van der Waals surface area (Å²) < 4.78 is 14.0. The normalized spacial score (nSPS) is 13.8. The van der Waals surface area contributed by atoms with Crippen molar-refractivity contribution in [3.05, 3.63) is 22.9 Å². The summed E-state index contributed by atoms with van der Waals surface area (Å²) in [4.78, 5) is 4.42. The number of aromatic nitrogens is 2. The van der Waals surface area contributed by atoms with E-state index in [0.717, 1.165) is 27.2 Å². The maximum absolute atomic E-state index is 6.18. The van der Waals surface area contributed by atoms with Crippen molar-refractivity contribution in [2.45, 2.75) is 19.9 Å². The molecule has 0 radical (unpaired) electrons. The number of nitrogen functional groups attached to an aromatic ring is 1. The first-order chi connectivity index (χ1) is 9.58. The molecular formula is C14H16BrN3O2. The van der Waals surface area contributed by atoms with Gasteiger partial charge < -0.3 is 19.8 Å². The number of fused-ring (bicyclic) bond motifs is 1. The van der Waals surface area contributed by atoms with Crippen LogP contribution in [0.2, 0.25) is 0 Å². The minimum atomic E-state index is 0.275. The van der Waals surface area contributed by atoms with Crippen LogP contribution in [0.5, 0.6) is 11.5 Å². The fourth-order valence-electron chi connectivity index (χ4n) is 2.25. The second-order valence-electron chi connectivity index (χ2n) is 4.96. The first kappa shape index (κ1) is 13.3. The van der Waals surface area contributed by atoms with Gasteiger partial charge in [0.1, 0.15) is 24.7 Å². The van der Waals surface area contributed by atoms with Gasteiger partial charge in [-0.15, -0.1) is 0 Å². The summed E-state index contributed by atoms with van der Waals surface area (Å²) in [6, 6.07) is 4.15. The fraction of sp³-hybridized carbons (Fsp3) is 0.357. The number of anilines is 1. The number of hydrogen-bond donors (Lipinski definition) is 1. The van der Waals surface area contributed by atoms with Crippen LogP contribution < -0.4 is 15.2 Å². The largest absolute Gasteiger partial charge is 0.486 e. The molecule has 5 nitrogen and oxygen atoms in total. The van der Waals surface area contributed by atoms with Crippen molar-refractivity contribution < 1.29 is 9.47 Å². The topological polar surface area (TPSA) is 62.3 Å². The van der Waals surface area contributed by atoms with E-state index in [9.17, 15) is 0 Å². The van der Waals surface area contributed by atoms with Gasteiger partial charge in [-0.1, -0.05) is 0 Å². The SMILES string of the molecule is CC(C)n1cnc(-c2cc(Br)c3c(c2)OCCO3)c1N. The molecule has 1 aromatic heterocycles. The van der Waals surface area contributed by atoms with E-state index in [0.29, 0.717) is 19.0 Å². The molecule has 20 heavy (non-hydrogen) atoms. The number of halogens is 1. The fourth-order valence-corrected chi connectivity index (χ4v) is 2.81. The number of imidazole rings is 1. The molecule has 0 saturated carbocycles. The van der Waals surface area contributed by atoms with Crippen LogP contribution in [0.3, 0.4) is 0 Å². The van der Waals surface area contributed by atoms with Gasteiger partial charge in [0.2, 0.25) is 0 Å². The summed E-state index contributed by atoms with van der Waals surface area (Å²) in [5, 5.41) is 0. The van der Waals surface area contributed by atoms with Crippen molar-refractivity contribution in [1.82, 2.24) is 9.55 Å². The molecule has 1 aliphatic heterocycles. The van der Waals surface area contributed by atoms with Crippen LogP contribution in [-0.2, 0) is 0 Å². The molecule has 6 heteroatoms. The predicted octanol–water partition coefficient (Wildman–Crippen LogP) is 3.25. The van der Waals surface area contributed by atoms with Crippen molar-refractivity contribution in [1.29, 1.82) is 0 Å². The van der Waals surface area contributed by atoms with Crippen LogP contribution in [0.4, 0.5) is 5.82 Å². The highest BCUT2D eigenvalue weighted by molar-refractivity contribution is 9.10. The molecule has 0 amide bonds. The van der Waals surface area contributed by atoms with Crippen LogP contribution in [0.25, 0.3) is 11.3 Å². The Morgan fingerprint density at radius 3 is 2.75 bits per heavy atom. The van der Waals surface area contributed by atoms with Gasteiger partial charge in [-0.2, -0.15) is 0 Å². The third-order valence-corrected chi connectivity index (χ3v) is 3.85. The highest BCUT2D eigenvalue weighted by Gasteiger charge is 2.19. The van der Waals surface area contributed by atoms with Gasteiger partial charge in [0, 0.05) is 11.6 Å². The minimum absolute atomic E-state index is 0.275. The summed E-state index contributed by atoms with van der Waals surface area (Å²) >= 11 is 3.51. The van der Waals surface area contributed by atoms with Crippen LogP contribution in [0.15, 0.2) is 22.9 Å². The second kappa shape index (κ2) is 5.01. The Morgan fingerprint density at radius 2 is 2.05 bits per heavy atom. The lowest BCUT2D eigenvalue weighted by Gasteiger charge is -2.20. The molecule has 2 aromatic rings. The van der Waals surface area contributed by atoms with E-state index in [4.69, 9.17) is 15.2 Å². The van der Waals surface area contributed by atoms with Crippen LogP contribution in [0.1, 0.15) is 19.9 Å². The molecule has 0 fully saturated rings. The van der Waals surface area contributed by atoms with E-state index >= 15 is 0 Å². The maximum Gasteiger partial charge on any atom is 0.175 e. The van der Waals surface area contributed by atoms with Crippen LogP contribution in [0, 0.1) is 0 Å². The van der Waals surface area contributed by atoms with E-state index in [1.807, 2.05) is 16.7 Å².